The van der Waals surface area contributed by atoms with Crippen LogP contribution in [0.3, 0.4) is 0 Å². The van der Waals surface area contributed by atoms with E-state index in [0.29, 0.717) is 22.1 Å². The minimum atomic E-state index is -0.455. The molecule has 1 heterocycles. The SMILES string of the molecule is CNc1cc([N+](=O)[O-])cc(-c2ccccc2Cl)n1. The predicted molar refractivity (Wildman–Crippen MR) is 70.9 cm³/mol. The molecule has 1 N–H and O–H groups in total. The summed E-state index contributed by atoms with van der Waals surface area (Å²) in [5.74, 6) is 0.430. The quantitative estimate of drug-likeness (QED) is 0.681. The Morgan fingerprint density at radius 2 is 2.06 bits per heavy atom. The summed E-state index contributed by atoms with van der Waals surface area (Å²) in [5.41, 5.74) is 1.11. The van der Waals surface area contributed by atoms with E-state index >= 15 is 0 Å². The van der Waals surface area contributed by atoms with Gasteiger partial charge in [0.25, 0.3) is 5.69 Å². The van der Waals surface area contributed by atoms with Crippen molar-refractivity contribution in [3.05, 3.63) is 51.5 Å². The number of halogens is 1. The van der Waals surface area contributed by atoms with Gasteiger partial charge in [-0.25, -0.2) is 4.98 Å². The minimum absolute atomic E-state index is 0.0238. The second-order valence-corrected chi connectivity index (χ2v) is 3.99. The molecule has 92 valence electrons. The van der Waals surface area contributed by atoms with Crippen LogP contribution in [0.5, 0.6) is 0 Å². The Balaban J connectivity index is 2.60. The number of anilines is 1. The van der Waals surface area contributed by atoms with E-state index in [1.54, 1.807) is 31.3 Å². The molecule has 0 unspecified atom stereocenters. The van der Waals surface area contributed by atoms with Crippen molar-refractivity contribution < 1.29 is 4.92 Å². The highest BCUT2D eigenvalue weighted by atomic mass is 35.5. The van der Waals surface area contributed by atoms with Crippen LogP contribution in [0.2, 0.25) is 5.02 Å². The Hall–Kier alpha value is -2.14. The summed E-state index contributed by atoms with van der Waals surface area (Å²) < 4.78 is 0. The summed E-state index contributed by atoms with van der Waals surface area (Å²) in [6, 6.07) is 9.87. The highest BCUT2D eigenvalue weighted by Crippen LogP contribution is 2.29. The number of benzene rings is 1. The molecular formula is C12H10ClN3O2. The predicted octanol–water partition coefficient (Wildman–Crippen LogP) is 3.35. The fourth-order valence-corrected chi connectivity index (χ4v) is 1.79. The zero-order chi connectivity index (χ0) is 13.1. The largest absolute Gasteiger partial charge is 0.373 e. The minimum Gasteiger partial charge on any atom is -0.373 e. The van der Waals surface area contributed by atoms with E-state index in [0.717, 1.165) is 0 Å². The molecule has 18 heavy (non-hydrogen) atoms. The maximum atomic E-state index is 10.9. The van der Waals surface area contributed by atoms with Crippen molar-refractivity contribution in [2.45, 2.75) is 0 Å². The molecule has 6 heteroatoms. The van der Waals surface area contributed by atoms with Crippen LogP contribution >= 0.6 is 11.6 Å². The zero-order valence-electron chi connectivity index (χ0n) is 9.55. The van der Waals surface area contributed by atoms with Crippen molar-refractivity contribution in [3.63, 3.8) is 0 Å². The molecule has 0 aliphatic heterocycles. The third-order valence-corrected chi connectivity index (χ3v) is 2.76. The molecule has 0 spiro atoms. The first-order valence-corrected chi connectivity index (χ1v) is 5.58. The van der Waals surface area contributed by atoms with Crippen LogP contribution in [0.1, 0.15) is 0 Å². The van der Waals surface area contributed by atoms with Gasteiger partial charge in [0.15, 0.2) is 0 Å². The van der Waals surface area contributed by atoms with Gasteiger partial charge in [0.2, 0.25) is 0 Å². The number of hydrogen-bond donors (Lipinski definition) is 1. The average Bonchev–Trinajstić information content (AvgIpc) is 2.38. The Labute approximate surface area is 109 Å². The lowest BCUT2D eigenvalue weighted by Gasteiger charge is -2.06. The Morgan fingerprint density at radius 3 is 2.67 bits per heavy atom. The number of nitrogens with one attached hydrogen (secondary N) is 1. The van der Waals surface area contributed by atoms with E-state index in [-0.39, 0.29) is 5.69 Å². The lowest BCUT2D eigenvalue weighted by molar-refractivity contribution is -0.384. The van der Waals surface area contributed by atoms with Gasteiger partial charge in [-0.15, -0.1) is 0 Å². The summed E-state index contributed by atoms with van der Waals surface area (Å²) in [7, 11) is 1.66. The van der Waals surface area contributed by atoms with Crippen LogP contribution < -0.4 is 5.32 Å². The van der Waals surface area contributed by atoms with E-state index in [1.807, 2.05) is 0 Å². The molecule has 0 fully saturated rings. The molecule has 2 aromatic rings. The molecule has 0 saturated heterocycles. The normalized spacial score (nSPS) is 10.1. The molecule has 0 aliphatic rings. The van der Waals surface area contributed by atoms with Gasteiger partial charge in [-0.05, 0) is 6.07 Å². The van der Waals surface area contributed by atoms with Crippen molar-refractivity contribution in [2.24, 2.45) is 0 Å². The van der Waals surface area contributed by atoms with Gasteiger partial charge in [-0.2, -0.15) is 0 Å². The topological polar surface area (TPSA) is 68.1 Å². The highest BCUT2D eigenvalue weighted by Gasteiger charge is 2.13. The van der Waals surface area contributed by atoms with E-state index < -0.39 is 4.92 Å². The van der Waals surface area contributed by atoms with Gasteiger partial charge in [0, 0.05) is 23.7 Å². The lowest BCUT2D eigenvalue weighted by Crippen LogP contribution is -1.97. The van der Waals surface area contributed by atoms with E-state index in [1.165, 1.54) is 12.1 Å². The van der Waals surface area contributed by atoms with E-state index in [2.05, 4.69) is 10.3 Å². The van der Waals surface area contributed by atoms with Crippen molar-refractivity contribution in [1.29, 1.82) is 0 Å². The van der Waals surface area contributed by atoms with Gasteiger partial charge in [-0.3, -0.25) is 10.1 Å². The molecule has 0 aliphatic carbocycles. The molecule has 0 radical (unpaired) electrons. The van der Waals surface area contributed by atoms with E-state index in [4.69, 9.17) is 11.6 Å². The number of rotatable bonds is 3. The van der Waals surface area contributed by atoms with E-state index in [9.17, 15) is 10.1 Å². The zero-order valence-corrected chi connectivity index (χ0v) is 10.3. The first-order chi connectivity index (χ1) is 8.61. The van der Waals surface area contributed by atoms with Crippen molar-refractivity contribution >= 4 is 23.1 Å². The number of pyridine rings is 1. The third-order valence-electron chi connectivity index (χ3n) is 2.43. The highest BCUT2D eigenvalue weighted by molar-refractivity contribution is 6.33. The van der Waals surface area contributed by atoms with Crippen LogP contribution in [0.25, 0.3) is 11.3 Å². The maximum absolute atomic E-state index is 10.9. The van der Waals surface area contributed by atoms with Crippen LogP contribution in [-0.2, 0) is 0 Å². The number of aromatic nitrogens is 1. The molecule has 0 saturated carbocycles. The monoisotopic (exact) mass is 263 g/mol. The molecule has 1 aromatic carbocycles. The van der Waals surface area contributed by atoms with Crippen LogP contribution in [-0.4, -0.2) is 17.0 Å². The van der Waals surface area contributed by atoms with Crippen LogP contribution in [0.15, 0.2) is 36.4 Å². The summed E-state index contributed by atoms with van der Waals surface area (Å²) in [6.07, 6.45) is 0. The van der Waals surface area contributed by atoms with Crippen molar-refractivity contribution in [2.75, 3.05) is 12.4 Å². The summed E-state index contributed by atoms with van der Waals surface area (Å²) in [4.78, 5) is 14.7. The molecule has 0 bridgehead atoms. The standard InChI is InChI=1S/C12H10ClN3O2/c1-14-12-7-8(16(17)18)6-11(15-12)9-4-2-3-5-10(9)13/h2-7H,1H3,(H,14,15). The second kappa shape index (κ2) is 5.01. The number of nitrogens with zero attached hydrogens (tertiary/aromatic N) is 2. The van der Waals surface area contributed by atoms with Gasteiger partial charge >= 0.3 is 0 Å². The first-order valence-electron chi connectivity index (χ1n) is 5.21. The molecule has 0 atom stereocenters. The lowest BCUT2D eigenvalue weighted by atomic mass is 10.1. The molecule has 5 nitrogen and oxygen atoms in total. The van der Waals surface area contributed by atoms with Gasteiger partial charge in [0.05, 0.1) is 16.7 Å². The third kappa shape index (κ3) is 2.41. The molecule has 2 rings (SSSR count). The number of nitro groups is 1. The van der Waals surface area contributed by atoms with Gasteiger partial charge in [0.1, 0.15) is 5.82 Å². The van der Waals surface area contributed by atoms with Crippen LogP contribution in [0, 0.1) is 10.1 Å². The Bertz CT molecular complexity index is 602. The molecular weight excluding hydrogens is 254 g/mol. The van der Waals surface area contributed by atoms with Gasteiger partial charge < -0.3 is 5.32 Å². The average molecular weight is 264 g/mol. The van der Waals surface area contributed by atoms with Crippen LogP contribution in [0.4, 0.5) is 11.5 Å². The summed E-state index contributed by atoms with van der Waals surface area (Å²) in [5, 5.41) is 14.2. The van der Waals surface area contributed by atoms with Crippen molar-refractivity contribution in [3.8, 4) is 11.3 Å². The fourth-order valence-electron chi connectivity index (χ4n) is 1.56. The Kier molecular flexibility index (Phi) is 3.43. The smallest absolute Gasteiger partial charge is 0.275 e. The summed E-state index contributed by atoms with van der Waals surface area (Å²) >= 11 is 6.06. The molecule has 0 amide bonds. The van der Waals surface area contributed by atoms with Gasteiger partial charge in [-0.1, -0.05) is 29.8 Å². The summed E-state index contributed by atoms with van der Waals surface area (Å²) in [6.45, 7) is 0. The number of hydrogen-bond acceptors (Lipinski definition) is 4. The van der Waals surface area contributed by atoms with Crippen molar-refractivity contribution in [1.82, 2.24) is 4.98 Å². The maximum Gasteiger partial charge on any atom is 0.275 e. The fraction of sp³-hybridized carbons (Fsp3) is 0.0833. The molecule has 1 aromatic heterocycles. The first kappa shape index (κ1) is 12.3. The Morgan fingerprint density at radius 1 is 1.33 bits per heavy atom. The second-order valence-electron chi connectivity index (χ2n) is 3.58.